The fourth-order valence-corrected chi connectivity index (χ4v) is 2.34. The molecule has 0 radical (unpaired) electrons. The van der Waals surface area contributed by atoms with Crippen molar-refractivity contribution in [2.24, 2.45) is 0 Å². The number of carbonyl (C=O) groups excluding carboxylic acids is 1. The number of aromatic nitrogens is 2. The Morgan fingerprint density at radius 1 is 0.962 bits per heavy atom. The van der Waals surface area contributed by atoms with Crippen LogP contribution in [0.1, 0.15) is 21.7 Å². The fraction of sp³-hybridized carbons (Fsp3) is 0.105. The van der Waals surface area contributed by atoms with Gasteiger partial charge in [-0.2, -0.15) is 0 Å². The molecule has 26 heavy (non-hydrogen) atoms. The van der Waals surface area contributed by atoms with Crippen molar-refractivity contribution in [3.63, 3.8) is 0 Å². The lowest BCUT2D eigenvalue weighted by molar-refractivity contribution is 0.102. The zero-order valence-electron chi connectivity index (χ0n) is 14.2. The second kappa shape index (κ2) is 7.26. The predicted molar refractivity (Wildman–Crippen MR) is 95.5 cm³/mol. The number of hydrogen-bond donors (Lipinski definition) is 2. The van der Waals surface area contributed by atoms with E-state index in [1.165, 1.54) is 6.07 Å². The topological polar surface area (TPSA) is 66.9 Å². The standard InChI is InChI=1S/C19H16F2N4O/c1-11-5-3-4-6-16(11)24-18(26)17-9-12(2)22-19(25-17)23-13-7-8-14(20)15(21)10-13/h3-10H,1-2H3,(H,24,26)(H,22,23,25). The summed E-state index contributed by atoms with van der Waals surface area (Å²) in [7, 11) is 0. The molecule has 0 aliphatic heterocycles. The molecule has 132 valence electrons. The molecule has 2 N–H and O–H groups in total. The summed E-state index contributed by atoms with van der Waals surface area (Å²) in [5.74, 6) is -2.21. The molecule has 0 aliphatic carbocycles. The van der Waals surface area contributed by atoms with Crippen molar-refractivity contribution in [3.05, 3.63) is 77.1 Å². The Kier molecular flexibility index (Phi) is 4.88. The highest BCUT2D eigenvalue weighted by atomic mass is 19.2. The van der Waals surface area contributed by atoms with E-state index in [2.05, 4.69) is 20.6 Å². The Labute approximate surface area is 149 Å². The van der Waals surface area contributed by atoms with Crippen LogP contribution in [0.3, 0.4) is 0 Å². The summed E-state index contributed by atoms with van der Waals surface area (Å²) in [5.41, 5.74) is 2.60. The Hall–Kier alpha value is -3.35. The summed E-state index contributed by atoms with van der Waals surface area (Å²) in [5, 5.41) is 5.57. The molecule has 0 unspecified atom stereocenters. The maximum Gasteiger partial charge on any atom is 0.274 e. The number of para-hydroxylation sites is 1. The van der Waals surface area contributed by atoms with Gasteiger partial charge in [-0.25, -0.2) is 18.7 Å². The molecule has 0 fully saturated rings. The van der Waals surface area contributed by atoms with E-state index in [4.69, 9.17) is 0 Å². The second-order valence-electron chi connectivity index (χ2n) is 5.74. The van der Waals surface area contributed by atoms with Crippen LogP contribution >= 0.6 is 0 Å². The highest BCUT2D eigenvalue weighted by Gasteiger charge is 2.12. The first-order chi connectivity index (χ1) is 12.4. The lowest BCUT2D eigenvalue weighted by Gasteiger charge is -2.10. The largest absolute Gasteiger partial charge is 0.324 e. The lowest BCUT2D eigenvalue weighted by Crippen LogP contribution is -2.16. The summed E-state index contributed by atoms with van der Waals surface area (Å²) in [4.78, 5) is 20.8. The average Bonchev–Trinajstić information content (AvgIpc) is 2.59. The molecular weight excluding hydrogens is 338 g/mol. The third-order valence-corrected chi connectivity index (χ3v) is 3.66. The van der Waals surface area contributed by atoms with Crippen molar-refractivity contribution in [1.29, 1.82) is 0 Å². The maximum atomic E-state index is 13.3. The predicted octanol–water partition coefficient (Wildman–Crippen LogP) is 4.37. The van der Waals surface area contributed by atoms with Gasteiger partial charge in [-0.15, -0.1) is 0 Å². The number of anilines is 3. The van der Waals surface area contributed by atoms with Crippen molar-refractivity contribution < 1.29 is 13.6 Å². The van der Waals surface area contributed by atoms with Crippen LogP contribution in [0.2, 0.25) is 0 Å². The number of nitrogens with one attached hydrogen (secondary N) is 2. The van der Waals surface area contributed by atoms with Crippen LogP contribution in [-0.2, 0) is 0 Å². The Balaban J connectivity index is 1.84. The first-order valence-corrected chi connectivity index (χ1v) is 7.87. The SMILES string of the molecule is Cc1cc(C(=O)Nc2ccccc2C)nc(Nc2ccc(F)c(F)c2)n1. The molecule has 3 rings (SSSR count). The van der Waals surface area contributed by atoms with E-state index in [0.717, 1.165) is 17.7 Å². The molecule has 0 bridgehead atoms. The molecular formula is C19H16F2N4O. The Morgan fingerprint density at radius 2 is 1.73 bits per heavy atom. The molecule has 0 spiro atoms. The molecule has 5 nitrogen and oxygen atoms in total. The molecule has 0 aliphatic rings. The van der Waals surface area contributed by atoms with E-state index in [-0.39, 0.29) is 17.3 Å². The normalized spacial score (nSPS) is 10.5. The van der Waals surface area contributed by atoms with E-state index in [9.17, 15) is 13.6 Å². The fourth-order valence-electron chi connectivity index (χ4n) is 2.34. The minimum Gasteiger partial charge on any atom is -0.324 e. The molecule has 2 aromatic carbocycles. The minimum absolute atomic E-state index is 0.117. The van der Waals surface area contributed by atoms with Crippen LogP contribution in [0.5, 0.6) is 0 Å². The van der Waals surface area contributed by atoms with Gasteiger partial charge in [0.15, 0.2) is 11.6 Å². The van der Waals surface area contributed by atoms with Gasteiger partial charge in [-0.3, -0.25) is 4.79 Å². The van der Waals surface area contributed by atoms with Crippen LogP contribution in [0, 0.1) is 25.5 Å². The van der Waals surface area contributed by atoms with Gasteiger partial charge in [0.25, 0.3) is 5.91 Å². The summed E-state index contributed by atoms with van der Waals surface area (Å²) in [6.45, 7) is 3.60. The molecule has 1 amide bonds. The van der Waals surface area contributed by atoms with E-state index in [1.54, 1.807) is 19.1 Å². The van der Waals surface area contributed by atoms with Crippen LogP contribution < -0.4 is 10.6 Å². The van der Waals surface area contributed by atoms with Gasteiger partial charge in [0.2, 0.25) is 5.95 Å². The molecule has 1 heterocycles. The summed E-state index contributed by atoms with van der Waals surface area (Å²) in [6, 6.07) is 12.3. The smallest absolute Gasteiger partial charge is 0.274 e. The van der Waals surface area contributed by atoms with Crippen molar-refractivity contribution in [2.45, 2.75) is 13.8 Å². The Bertz CT molecular complexity index is 976. The van der Waals surface area contributed by atoms with Crippen molar-refractivity contribution >= 4 is 23.2 Å². The highest BCUT2D eigenvalue weighted by Crippen LogP contribution is 2.18. The monoisotopic (exact) mass is 354 g/mol. The van der Waals surface area contributed by atoms with Gasteiger partial charge in [-0.1, -0.05) is 18.2 Å². The van der Waals surface area contributed by atoms with E-state index in [0.29, 0.717) is 11.4 Å². The Morgan fingerprint density at radius 3 is 2.46 bits per heavy atom. The lowest BCUT2D eigenvalue weighted by atomic mass is 10.2. The molecule has 0 atom stereocenters. The number of carbonyl (C=O) groups is 1. The zero-order valence-corrected chi connectivity index (χ0v) is 14.2. The first kappa shape index (κ1) is 17.5. The summed E-state index contributed by atoms with van der Waals surface area (Å²) < 4.78 is 26.4. The zero-order chi connectivity index (χ0) is 18.7. The van der Waals surface area contributed by atoms with Crippen LogP contribution in [0.15, 0.2) is 48.5 Å². The van der Waals surface area contributed by atoms with Gasteiger partial charge in [0, 0.05) is 23.1 Å². The number of rotatable bonds is 4. The van der Waals surface area contributed by atoms with Gasteiger partial charge >= 0.3 is 0 Å². The van der Waals surface area contributed by atoms with Gasteiger partial charge in [0.05, 0.1) is 0 Å². The molecule has 0 saturated heterocycles. The molecule has 7 heteroatoms. The van der Waals surface area contributed by atoms with E-state index >= 15 is 0 Å². The van der Waals surface area contributed by atoms with Crippen molar-refractivity contribution in [2.75, 3.05) is 10.6 Å². The molecule has 0 saturated carbocycles. The number of halogens is 2. The van der Waals surface area contributed by atoms with E-state index < -0.39 is 17.5 Å². The third-order valence-electron chi connectivity index (χ3n) is 3.66. The van der Waals surface area contributed by atoms with E-state index in [1.807, 2.05) is 25.1 Å². The second-order valence-corrected chi connectivity index (χ2v) is 5.74. The van der Waals surface area contributed by atoms with Gasteiger partial charge < -0.3 is 10.6 Å². The van der Waals surface area contributed by atoms with Crippen molar-refractivity contribution in [1.82, 2.24) is 9.97 Å². The number of benzene rings is 2. The number of hydrogen-bond acceptors (Lipinski definition) is 4. The number of nitrogens with zero attached hydrogens (tertiary/aromatic N) is 2. The van der Waals surface area contributed by atoms with Crippen LogP contribution in [0.4, 0.5) is 26.1 Å². The van der Waals surface area contributed by atoms with Crippen LogP contribution in [0.25, 0.3) is 0 Å². The summed E-state index contributed by atoms with van der Waals surface area (Å²) >= 11 is 0. The summed E-state index contributed by atoms with van der Waals surface area (Å²) in [6.07, 6.45) is 0. The number of aryl methyl sites for hydroxylation is 2. The molecule has 1 aromatic heterocycles. The molecule has 3 aromatic rings. The first-order valence-electron chi connectivity index (χ1n) is 7.87. The maximum absolute atomic E-state index is 13.3. The number of amides is 1. The van der Waals surface area contributed by atoms with Crippen LogP contribution in [-0.4, -0.2) is 15.9 Å². The van der Waals surface area contributed by atoms with Crippen molar-refractivity contribution in [3.8, 4) is 0 Å². The quantitative estimate of drug-likeness (QED) is 0.730. The van der Waals surface area contributed by atoms with Gasteiger partial charge in [0.1, 0.15) is 5.69 Å². The minimum atomic E-state index is -0.986. The third kappa shape index (κ3) is 4.00. The highest BCUT2D eigenvalue weighted by molar-refractivity contribution is 6.03. The van der Waals surface area contributed by atoms with Gasteiger partial charge in [-0.05, 0) is 43.7 Å². The average molecular weight is 354 g/mol.